The highest BCUT2D eigenvalue weighted by Gasteiger charge is 2.20. The molecule has 0 aliphatic heterocycles. The van der Waals surface area contributed by atoms with Crippen molar-refractivity contribution in [2.75, 3.05) is 0 Å². The van der Waals surface area contributed by atoms with Crippen molar-refractivity contribution in [2.45, 2.75) is 33.2 Å². The van der Waals surface area contributed by atoms with Crippen LogP contribution in [0.4, 0.5) is 0 Å². The van der Waals surface area contributed by atoms with Crippen LogP contribution in [0.25, 0.3) is 0 Å². The van der Waals surface area contributed by atoms with Crippen LogP contribution in [0.3, 0.4) is 0 Å². The van der Waals surface area contributed by atoms with Gasteiger partial charge in [-0.3, -0.25) is 14.3 Å². The van der Waals surface area contributed by atoms with Gasteiger partial charge in [0.2, 0.25) is 0 Å². The van der Waals surface area contributed by atoms with Crippen LogP contribution < -0.4 is 5.32 Å². The molecule has 0 aliphatic carbocycles. The summed E-state index contributed by atoms with van der Waals surface area (Å²) in [5.41, 5.74) is 2.11. The number of rotatable bonds is 5. The van der Waals surface area contributed by atoms with Gasteiger partial charge in [-0.25, -0.2) is 0 Å². The number of ketones is 1. The molecule has 0 aromatic carbocycles. The number of hydrogen-bond donors (Lipinski definition) is 1. The smallest absolute Gasteiger partial charge is 0.255 e. The summed E-state index contributed by atoms with van der Waals surface area (Å²) in [5, 5.41) is 8.98. The van der Waals surface area contributed by atoms with E-state index >= 15 is 0 Å². The van der Waals surface area contributed by atoms with Crippen LogP contribution >= 0.6 is 11.3 Å². The molecule has 6 heteroatoms. The summed E-state index contributed by atoms with van der Waals surface area (Å²) in [7, 11) is 1.81. The molecular weight excluding hydrogens is 286 g/mol. The summed E-state index contributed by atoms with van der Waals surface area (Å²) in [4.78, 5) is 25.0. The standard InChI is InChI=1S/C15H19N3O2S/c1-9(8-12(19)13-6-5-7-21-13)16-15(20)14-10(2)17-18(4)11(14)3/h5-7,9H,8H2,1-4H3,(H,16,20)/t9-/m0/s1. The Bertz CT molecular complexity index is 659. The molecule has 0 saturated heterocycles. The van der Waals surface area contributed by atoms with Gasteiger partial charge in [0, 0.05) is 25.2 Å². The molecule has 21 heavy (non-hydrogen) atoms. The van der Waals surface area contributed by atoms with Crippen molar-refractivity contribution in [3.63, 3.8) is 0 Å². The number of nitrogens with zero attached hydrogens (tertiary/aromatic N) is 2. The second kappa shape index (κ2) is 6.22. The first-order valence-electron chi connectivity index (χ1n) is 6.78. The number of nitrogens with one attached hydrogen (secondary N) is 1. The number of amides is 1. The van der Waals surface area contributed by atoms with E-state index in [0.29, 0.717) is 17.7 Å². The Morgan fingerprint density at radius 2 is 2.14 bits per heavy atom. The zero-order chi connectivity index (χ0) is 15.6. The predicted molar refractivity (Wildman–Crippen MR) is 82.9 cm³/mol. The van der Waals surface area contributed by atoms with E-state index in [1.54, 1.807) is 10.7 Å². The van der Waals surface area contributed by atoms with Crippen LogP contribution in [0.2, 0.25) is 0 Å². The zero-order valence-electron chi connectivity index (χ0n) is 12.6. The number of aromatic nitrogens is 2. The summed E-state index contributed by atoms with van der Waals surface area (Å²) in [6.45, 7) is 5.50. The van der Waals surface area contributed by atoms with E-state index in [-0.39, 0.29) is 17.7 Å². The highest BCUT2D eigenvalue weighted by atomic mass is 32.1. The molecule has 0 spiro atoms. The molecule has 1 atom stereocenters. The lowest BCUT2D eigenvalue weighted by Crippen LogP contribution is -2.34. The van der Waals surface area contributed by atoms with Crippen molar-refractivity contribution < 1.29 is 9.59 Å². The molecule has 0 radical (unpaired) electrons. The summed E-state index contributed by atoms with van der Waals surface area (Å²) in [6.07, 6.45) is 0.296. The van der Waals surface area contributed by atoms with E-state index in [1.165, 1.54) is 11.3 Å². The summed E-state index contributed by atoms with van der Waals surface area (Å²) < 4.78 is 1.69. The van der Waals surface area contributed by atoms with Gasteiger partial charge in [0.25, 0.3) is 5.91 Å². The van der Waals surface area contributed by atoms with E-state index in [4.69, 9.17) is 0 Å². The lowest BCUT2D eigenvalue weighted by molar-refractivity contribution is 0.0918. The lowest BCUT2D eigenvalue weighted by atomic mass is 10.1. The second-order valence-electron chi connectivity index (χ2n) is 5.15. The van der Waals surface area contributed by atoms with Gasteiger partial charge in [0.05, 0.1) is 16.1 Å². The highest BCUT2D eigenvalue weighted by Crippen LogP contribution is 2.14. The number of Topliss-reactive ketones (excluding diaryl/α,β-unsaturated/α-hetero) is 1. The summed E-state index contributed by atoms with van der Waals surface area (Å²) in [6, 6.07) is 3.44. The lowest BCUT2D eigenvalue weighted by Gasteiger charge is -2.13. The van der Waals surface area contributed by atoms with Crippen LogP contribution in [0, 0.1) is 13.8 Å². The Morgan fingerprint density at radius 3 is 2.67 bits per heavy atom. The number of carbonyl (C=O) groups excluding carboxylic acids is 2. The largest absolute Gasteiger partial charge is 0.349 e. The molecule has 112 valence electrons. The maximum absolute atomic E-state index is 12.3. The van der Waals surface area contributed by atoms with Gasteiger partial charge in [-0.1, -0.05) is 6.07 Å². The first-order valence-corrected chi connectivity index (χ1v) is 7.66. The minimum absolute atomic E-state index is 0.0532. The fraction of sp³-hybridized carbons (Fsp3) is 0.400. The van der Waals surface area contributed by atoms with E-state index < -0.39 is 0 Å². The molecule has 1 amide bonds. The van der Waals surface area contributed by atoms with Gasteiger partial charge >= 0.3 is 0 Å². The molecule has 0 bridgehead atoms. The monoisotopic (exact) mass is 305 g/mol. The van der Waals surface area contributed by atoms with Crippen molar-refractivity contribution in [3.8, 4) is 0 Å². The minimum atomic E-state index is -0.217. The molecule has 0 aliphatic rings. The van der Waals surface area contributed by atoms with E-state index in [0.717, 1.165) is 10.6 Å². The second-order valence-corrected chi connectivity index (χ2v) is 6.10. The molecule has 2 aromatic heterocycles. The van der Waals surface area contributed by atoms with Crippen LogP contribution in [-0.2, 0) is 7.05 Å². The Labute approximate surface area is 128 Å². The number of thiophene rings is 1. The van der Waals surface area contributed by atoms with Gasteiger partial charge in [-0.05, 0) is 32.2 Å². The van der Waals surface area contributed by atoms with Crippen LogP contribution in [0.5, 0.6) is 0 Å². The Balaban J connectivity index is 2.01. The van der Waals surface area contributed by atoms with Gasteiger partial charge in [-0.2, -0.15) is 5.10 Å². The van der Waals surface area contributed by atoms with Crippen molar-refractivity contribution >= 4 is 23.0 Å². The maximum Gasteiger partial charge on any atom is 0.255 e. The van der Waals surface area contributed by atoms with Crippen molar-refractivity contribution in [3.05, 3.63) is 39.3 Å². The fourth-order valence-corrected chi connectivity index (χ4v) is 2.94. The molecule has 0 unspecified atom stereocenters. The maximum atomic E-state index is 12.3. The van der Waals surface area contributed by atoms with Crippen molar-refractivity contribution in [1.29, 1.82) is 0 Å². The quantitative estimate of drug-likeness (QED) is 0.863. The third kappa shape index (κ3) is 3.39. The Kier molecular flexibility index (Phi) is 4.57. The van der Waals surface area contributed by atoms with Crippen LogP contribution in [0.15, 0.2) is 17.5 Å². The molecule has 0 saturated carbocycles. The molecule has 5 nitrogen and oxygen atoms in total. The minimum Gasteiger partial charge on any atom is -0.349 e. The molecule has 0 fully saturated rings. The number of hydrogen-bond acceptors (Lipinski definition) is 4. The van der Waals surface area contributed by atoms with Crippen LogP contribution in [0.1, 0.15) is 44.8 Å². The normalized spacial score (nSPS) is 12.2. The molecule has 2 heterocycles. The Hall–Kier alpha value is -1.95. The molecule has 2 rings (SSSR count). The van der Waals surface area contributed by atoms with Crippen LogP contribution in [-0.4, -0.2) is 27.5 Å². The summed E-state index contributed by atoms with van der Waals surface area (Å²) in [5.74, 6) is -0.123. The van der Waals surface area contributed by atoms with Gasteiger partial charge in [0.15, 0.2) is 5.78 Å². The average molecular weight is 305 g/mol. The third-order valence-corrected chi connectivity index (χ3v) is 4.31. The van der Waals surface area contributed by atoms with E-state index in [1.807, 2.05) is 39.3 Å². The molecule has 2 aromatic rings. The first kappa shape index (κ1) is 15.4. The van der Waals surface area contributed by atoms with Crippen molar-refractivity contribution in [1.82, 2.24) is 15.1 Å². The fourth-order valence-electron chi connectivity index (χ4n) is 2.27. The number of aryl methyl sites for hydroxylation is 2. The average Bonchev–Trinajstić information content (AvgIpc) is 2.99. The Morgan fingerprint density at radius 1 is 1.43 bits per heavy atom. The first-order chi connectivity index (χ1) is 9.90. The summed E-state index contributed by atoms with van der Waals surface area (Å²) >= 11 is 1.42. The highest BCUT2D eigenvalue weighted by molar-refractivity contribution is 7.12. The van der Waals surface area contributed by atoms with Gasteiger partial charge in [-0.15, -0.1) is 11.3 Å². The SMILES string of the molecule is Cc1nn(C)c(C)c1C(=O)N[C@@H](C)CC(=O)c1cccs1. The van der Waals surface area contributed by atoms with Gasteiger partial charge < -0.3 is 5.32 Å². The molecule has 1 N–H and O–H groups in total. The van der Waals surface area contributed by atoms with Crippen molar-refractivity contribution in [2.24, 2.45) is 7.05 Å². The van der Waals surface area contributed by atoms with E-state index in [2.05, 4.69) is 10.4 Å². The van der Waals surface area contributed by atoms with Gasteiger partial charge in [0.1, 0.15) is 0 Å². The van der Waals surface area contributed by atoms with E-state index in [9.17, 15) is 9.59 Å². The predicted octanol–water partition coefficient (Wildman–Crippen LogP) is 2.49. The topological polar surface area (TPSA) is 64.0 Å². The zero-order valence-corrected chi connectivity index (χ0v) is 13.5. The molecular formula is C15H19N3O2S. The number of carbonyl (C=O) groups is 2. The third-order valence-electron chi connectivity index (χ3n) is 3.40.